The number of rotatable bonds is 4. The molecule has 0 aliphatic heterocycles. The van der Waals surface area contributed by atoms with Crippen molar-refractivity contribution in [3.63, 3.8) is 0 Å². The summed E-state index contributed by atoms with van der Waals surface area (Å²) in [4.78, 5) is 0.294. The lowest BCUT2D eigenvalue weighted by Crippen LogP contribution is -2.10. The Morgan fingerprint density at radius 3 is 2.19 bits per heavy atom. The predicted molar refractivity (Wildman–Crippen MR) is 93.5 cm³/mol. The predicted octanol–water partition coefficient (Wildman–Crippen LogP) is 5.67. The van der Waals surface area contributed by atoms with Crippen molar-refractivity contribution in [3.05, 3.63) is 65.2 Å². The minimum Gasteiger partial charge on any atom is -0.496 e. The highest BCUT2D eigenvalue weighted by Gasteiger charge is 2.15. The van der Waals surface area contributed by atoms with E-state index in [1.165, 1.54) is 16.7 Å². The highest BCUT2D eigenvalue weighted by atomic mass is 79.9. The third-order valence-electron chi connectivity index (χ3n) is 3.73. The van der Waals surface area contributed by atoms with Crippen LogP contribution in [-0.4, -0.2) is 7.11 Å². The summed E-state index contributed by atoms with van der Waals surface area (Å²) in [5.41, 5.74) is 4.09. The van der Waals surface area contributed by atoms with Crippen molar-refractivity contribution in [3.8, 4) is 5.75 Å². The lowest BCUT2D eigenvalue weighted by molar-refractivity contribution is 0.409. The minimum atomic E-state index is 0.197. The maximum atomic E-state index is 5.43. The average Bonchev–Trinajstić information content (AvgIpc) is 2.47. The van der Waals surface area contributed by atoms with Crippen LogP contribution in [0.15, 0.2) is 48.5 Å². The maximum absolute atomic E-state index is 5.43. The third-order valence-corrected chi connectivity index (χ3v) is 4.58. The van der Waals surface area contributed by atoms with Crippen LogP contribution in [0.1, 0.15) is 42.3 Å². The smallest absolute Gasteiger partial charge is 0.122 e. The standard InChI is InChI=1S/C19H23BrO/c1-19(2,3)16-11-9-14(10-12-16)17(20)13-15-7-5-6-8-18(15)21-4/h5-12,17H,13H2,1-4H3. The Morgan fingerprint density at radius 1 is 1.00 bits per heavy atom. The van der Waals surface area contributed by atoms with Crippen molar-refractivity contribution >= 4 is 15.9 Å². The first-order valence-corrected chi connectivity index (χ1v) is 8.20. The molecular weight excluding hydrogens is 324 g/mol. The molecule has 112 valence electrons. The van der Waals surface area contributed by atoms with E-state index in [0.29, 0.717) is 4.83 Å². The summed E-state index contributed by atoms with van der Waals surface area (Å²) in [6.45, 7) is 6.72. The van der Waals surface area contributed by atoms with Crippen molar-refractivity contribution in [2.45, 2.75) is 37.4 Å². The van der Waals surface area contributed by atoms with Crippen LogP contribution in [0.2, 0.25) is 0 Å². The molecule has 21 heavy (non-hydrogen) atoms. The van der Waals surface area contributed by atoms with Crippen LogP contribution in [0.25, 0.3) is 0 Å². The number of benzene rings is 2. The van der Waals surface area contributed by atoms with Gasteiger partial charge in [0.1, 0.15) is 5.75 Å². The summed E-state index contributed by atoms with van der Waals surface area (Å²) in [5.74, 6) is 0.952. The van der Waals surface area contributed by atoms with Crippen molar-refractivity contribution in [1.82, 2.24) is 0 Å². The van der Waals surface area contributed by atoms with Gasteiger partial charge in [-0.3, -0.25) is 0 Å². The van der Waals surface area contributed by atoms with E-state index in [9.17, 15) is 0 Å². The zero-order valence-electron chi connectivity index (χ0n) is 13.2. The molecule has 2 aromatic carbocycles. The number of hydrogen-bond donors (Lipinski definition) is 0. The summed E-state index contributed by atoms with van der Waals surface area (Å²) in [7, 11) is 1.72. The molecule has 0 bridgehead atoms. The SMILES string of the molecule is COc1ccccc1CC(Br)c1ccc(C(C)(C)C)cc1. The van der Waals surface area contributed by atoms with E-state index in [4.69, 9.17) is 4.74 Å². The number of alkyl halides is 1. The van der Waals surface area contributed by atoms with Gasteiger partial charge in [-0.15, -0.1) is 0 Å². The Balaban J connectivity index is 2.15. The van der Waals surface area contributed by atoms with Gasteiger partial charge in [0.25, 0.3) is 0 Å². The van der Waals surface area contributed by atoms with Crippen LogP contribution in [0.4, 0.5) is 0 Å². The van der Waals surface area contributed by atoms with Crippen LogP contribution in [0.5, 0.6) is 5.75 Å². The number of ether oxygens (including phenoxy) is 1. The van der Waals surface area contributed by atoms with Crippen LogP contribution in [-0.2, 0) is 11.8 Å². The topological polar surface area (TPSA) is 9.23 Å². The Hall–Kier alpha value is -1.28. The van der Waals surface area contributed by atoms with Crippen molar-refractivity contribution in [2.24, 2.45) is 0 Å². The molecule has 1 atom stereocenters. The molecule has 0 aliphatic carbocycles. The maximum Gasteiger partial charge on any atom is 0.122 e. The molecule has 0 aromatic heterocycles. The van der Waals surface area contributed by atoms with Gasteiger partial charge < -0.3 is 4.74 Å². The summed E-state index contributed by atoms with van der Waals surface area (Å²) in [5, 5.41) is 0. The fraction of sp³-hybridized carbons (Fsp3) is 0.368. The summed E-state index contributed by atoms with van der Waals surface area (Å²) >= 11 is 3.81. The normalized spacial score (nSPS) is 13.0. The Labute approximate surface area is 136 Å². The molecule has 1 nitrogen and oxygen atoms in total. The third kappa shape index (κ3) is 4.10. The van der Waals surface area contributed by atoms with Gasteiger partial charge in [0.05, 0.1) is 7.11 Å². The molecule has 2 aromatic rings. The van der Waals surface area contributed by atoms with Gasteiger partial charge in [0.15, 0.2) is 0 Å². The molecule has 0 fully saturated rings. The minimum absolute atomic E-state index is 0.197. The van der Waals surface area contributed by atoms with Crippen LogP contribution >= 0.6 is 15.9 Å². The van der Waals surface area contributed by atoms with E-state index in [1.807, 2.05) is 12.1 Å². The van der Waals surface area contributed by atoms with E-state index in [1.54, 1.807) is 7.11 Å². The van der Waals surface area contributed by atoms with Crippen LogP contribution in [0, 0.1) is 0 Å². The first-order valence-electron chi connectivity index (χ1n) is 7.28. The van der Waals surface area contributed by atoms with Gasteiger partial charge in [-0.25, -0.2) is 0 Å². The molecule has 0 amide bonds. The Morgan fingerprint density at radius 2 is 1.62 bits per heavy atom. The molecule has 0 N–H and O–H groups in total. The van der Waals surface area contributed by atoms with E-state index in [0.717, 1.165) is 12.2 Å². The molecule has 0 saturated heterocycles. The Kier molecular flexibility index (Phi) is 5.10. The molecule has 0 spiro atoms. The van der Waals surface area contributed by atoms with Gasteiger partial charge in [-0.1, -0.05) is 79.2 Å². The highest BCUT2D eigenvalue weighted by Crippen LogP contribution is 2.32. The lowest BCUT2D eigenvalue weighted by atomic mass is 9.86. The molecule has 0 saturated carbocycles. The molecule has 2 rings (SSSR count). The fourth-order valence-corrected chi connectivity index (χ4v) is 3.03. The van der Waals surface area contributed by atoms with E-state index < -0.39 is 0 Å². The Bertz CT molecular complexity index is 581. The first-order chi connectivity index (χ1) is 9.91. The van der Waals surface area contributed by atoms with Gasteiger partial charge >= 0.3 is 0 Å². The average molecular weight is 347 g/mol. The summed E-state index contributed by atoms with van der Waals surface area (Å²) < 4.78 is 5.43. The lowest BCUT2D eigenvalue weighted by Gasteiger charge is -2.20. The molecule has 0 radical (unpaired) electrons. The molecule has 1 unspecified atom stereocenters. The highest BCUT2D eigenvalue weighted by molar-refractivity contribution is 9.09. The summed E-state index contributed by atoms with van der Waals surface area (Å²) in [6, 6.07) is 17.1. The molecular formula is C19H23BrO. The zero-order valence-corrected chi connectivity index (χ0v) is 14.8. The second-order valence-corrected chi connectivity index (χ2v) is 7.46. The second kappa shape index (κ2) is 6.65. The monoisotopic (exact) mass is 346 g/mol. The van der Waals surface area contributed by atoms with Crippen molar-refractivity contribution < 1.29 is 4.74 Å². The van der Waals surface area contributed by atoms with Crippen LogP contribution < -0.4 is 4.74 Å². The largest absolute Gasteiger partial charge is 0.496 e. The molecule has 2 heteroatoms. The van der Waals surface area contributed by atoms with Gasteiger partial charge in [-0.05, 0) is 34.6 Å². The first kappa shape index (κ1) is 16.1. The van der Waals surface area contributed by atoms with Crippen molar-refractivity contribution in [2.75, 3.05) is 7.11 Å². The second-order valence-electron chi connectivity index (χ2n) is 6.36. The van der Waals surface area contributed by atoms with E-state index in [2.05, 4.69) is 73.1 Å². The number of hydrogen-bond acceptors (Lipinski definition) is 1. The van der Waals surface area contributed by atoms with Crippen LogP contribution in [0.3, 0.4) is 0 Å². The van der Waals surface area contributed by atoms with E-state index >= 15 is 0 Å². The molecule has 0 heterocycles. The van der Waals surface area contributed by atoms with Gasteiger partial charge in [0.2, 0.25) is 0 Å². The number of para-hydroxylation sites is 1. The number of halogens is 1. The quantitative estimate of drug-likeness (QED) is 0.648. The summed E-state index contributed by atoms with van der Waals surface area (Å²) in [6.07, 6.45) is 0.916. The number of methoxy groups -OCH3 is 1. The molecule has 0 aliphatic rings. The van der Waals surface area contributed by atoms with Gasteiger partial charge in [-0.2, -0.15) is 0 Å². The fourth-order valence-electron chi connectivity index (χ4n) is 2.37. The van der Waals surface area contributed by atoms with Crippen molar-refractivity contribution in [1.29, 1.82) is 0 Å². The zero-order chi connectivity index (χ0) is 15.5. The van der Waals surface area contributed by atoms with Gasteiger partial charge in [0, 0.05) is 4.83 Å². The van der Waals surface area contributed by atoms with E-state index in [-0.39, 0.29) is 5.41 Å².